The highest BCUT2D eigenvalue weighted by Gasteiger charge is 2.15. The molecule has 20 heavy (non-hydrogen) atoms. The molecule has 1 unspecified atom stereocenters. The van der Waals surface area contributed by atoms with E-state index in [1.807, 2.05) is 24.3 Å². The lowest BCUT2D eigenvalue weighted by Gasteiger charge is -2.23. The summed E-state index contributed by atoms with van der Waals surface area (Å²) >= 11 is 0. The van der Waals surface area contributed by atoms with E-state index < -0.39 is 0 Å². The van der Waals surface area contributed by atoms with Crippen LogP contribution in [0, 0.1) is 11.7 Å². The zero-order chi connectivity index (χ0) is 14.5. The van der Waals surface area contributed by atoms with Crippen LogP contribution in [0.4, 0.5) is 4.39 Å². The van der Waals surface area contributed by atoms with Gasteiger partial charge in [-0.2, -0.15) is 0 Å². The standard InChI is InChI=1S/C17H20FNO/c1-12(2)17(14-6-8-15(18)9-7-14)19-11-13-4-3-5-16(20)10-13/h3-10,12,17,19-20H,11H2,1-2H3. The van der Waals surface area contributed by atoms with Gasteiger partial charge in [-0.15, -0.1) is 0 Å². The van der Waals surface area contributed by atoms with Gasteiger partial charge >= 0.3 is 0 Å². The molecule has 0 heterocycles. The largest absolute Gasteiger partial charge is 0.508 e. The van der Waals surface area contributed by atoms with E-state index in [9.17, 15) is 9.50 Å². The van der Waals surface area contributed by atoms with E-state index in [2.05, 4.69) is 19.2 Å². The number of benzene rings is 2. The zero-order valence-corrected chi connectivity index (χ0v) is 11.8. The first-order valence-electron chi connectivity index (χ1n) is 6.83. The third kappa shape index (κ3) is 3.81. The molecular formula is C17H20FNO. The molecule has 0 aliphatic carbocycles. The van der Waals surface area contributed by atoms with E-state index in [1.165, 1.54) is 12.1 Å². The Morgan fingerprint density at radius 2 is 1.80 bits per heavy atom. The van der Waals surface area contributed by atoms with Gasteiger partial charge in [-0.1, -0.05) is 38.1 Å². The van der Waals surface area contributed by atoms with Crippen molar-refractivity contribution in [3.8, 4) is 5.75 Å². The summed E-state index contributed by atoms with van der Waals surface area (Å²) in [5.41, 5.74) is 2.10. The highest BCUT2D eigenvalue weighted by molar-refractivity contribution is 5.27. The molecule has 0 saturated heterocycles. The molecule has 2 aromatic carbocycles. The molecule has 2 N–H and O–H groups in total. The number of aromatic hydroxyl groups is 1. The summed E-state index contributed by atoms with van der Waals surface area (Å²) in [5.74, 6) is 0.439. The van der Waals surface area contributed by atoms with Crippen molar-refractivity contribution in [1.29, 1.82) is 0 Å². The number of phenolic OH excluding ortho intramolecular Hbond substituents is 1. The van der Waals surface area contributed by atoms with Crippen LogP contribution in [-0.4, -0.2) is 5.11 Å². The highest BCUT2D eigenvalue weighted by Crippen LogP contribution is 2.23. The normalized spacial score (nSPS) is 12.6. The molecule has 0 aliphatic rings. The van der Waals surface area contributed by atoms with Crippen molar-refractivity contribution in [2.24, 2.45) is 5.92 Å². The van der Waals surface area contributed by atoms with Gasteiger partial charge in [0.2, 0.25) is 0 Å². The Hall–Kier alpha value is -1.87. The molecule has 0 aliphatic heterocycles. The highest BCUT2D eigenvalue weighted by atomic mass is 19.1. The summed E-state index contributed by atoms with van der Waals surface area (Å²) in [6.07, 6.45) is 0. The predicted octanol–water partition coefficient (Wildman–Crippen LogP) is 4.02. The third-order valence-electron chi connectivity index (χ3n) is 3.33. The van der Waals surface area contributed by atoms with Crippen LogP contribution < -0.4 is 5.32 Å². The molecule has 2 rings (SSSR count). The van der Waals surface area contributed by atoms with Gasteiger partial charge in [0.05, 0.1) is 0 Å². The predicted molar refractivity (Wildman–Crippen MR) is 78.9 cm³/mol. The summed E-state index contributed by atoms with van der Waals surface area (Å²) < 4.78 is 13.0. The maximum atomic E-state index is 13.0. The van der Waals surface area contributed by atoms with Gasteiger partial charge in [-0.3, -0.25) is 0 Å². The Bertz CT molecular complexity index is 551. The second-order valence-electron chi connectivity index (χ2n) is 5.32. The van der Waals surface area contributed by atoms with Crippen molar-refractivity contribution in [2.45, 2.75) is 26.4 Å². The number of nitrogens with one attached hydrogen (secondary N) is 1. The SMILES string of the molecule is CC(C)C(NCc1cccc(O)c1)c1ccc(F)cc1. The minimum atomic E-state index is -0.218. The van der Waals surface area contributed by atoms with Crippen molar-refractivity contribution >= 4 is 0 Å². The molecule has 0 amide bonds. The van der Waals surface area contributed by atoms with Crippen molar-refractivity contribution in [3.05, 3.63) is 65.5 Å². The van der Waals surface area contributed by atoms with Gasteiger partial charge in [0.25, 0.3) is 0 Å². The fraction of sp³-hybridized carbons (Fsp3) is 0.294. The summed E-state index contributed by atoms with van der Waals surface area (Å²) in [5, 5.41) is 12.9. The van der Waals surface area contributed by atoms with E-state index in [-0.39, 0.29) is 17.6 Å². The van der Waals surface area contributed by atoms with Gasteiger partial charge < -0.3 is 10.4 Å². The monoisotopic (exact) mass is 273 g/mol. The van der Waals surface area contributed by atoms with Gasteiger partial charge in [-0.05, 0) is 41.3 Å². The second-order valence-corrected chi connectivity index (χ2v) is 5.32. The summed E-state index contributed by atoms with van der Waals surface area (Å²) in [6, 6.07) is 14.0. The topological polar surface area (TPSA) is 32.3 Å². The van der Waals surface area contributed by atoms with E-state index in [0.29, 0.717) is 12.5 Å². The molecular weight excluding hydrogens is 253 g/mol. The van der Waals surface area contributed by atoms with Crippen molar-refractivity contribution in [1.82, 2.24) is 5.32 Å². The average molecular weight is 273 g/mol. The molecule has 2 aromatic rings. The zero-order valence-electron chi connectivity index (χ0n) is 11.8. The first kappa shape index (κ1) is 14.5. The van der Waals surface area contributed by atoms with Gasteiger partial charge in [0.15, 0.2) is 0 Å². The van der Waals surface area contributed by atoms with Crippen LogP contribution in [0.2, 0.25) is 0 Å². The third-order valence-corrected chi connectivity index (χ3v) is 3.33. The van der Waals surface area contributed by atoms with Gasteiger partial charge in [-0.25, -0.2) is 4.39 Å². The minimum Gasteiger partial charge on any atom is -0.508 e. The molecule has 0 bridgehead atoms. The Morgan fingerprint density at radius 1 is 1.10 bits per heavy atom. The van der Waals surface area contributed by atoms with Crippen LogP contribution in [0.25, 0.3) is 0 Å². The maximum absolute atomic E-state index is 13.0. The Morgan fingerprint density at radius 3 is 2.40 bits per heavy atom. The summed E-state index contributed by atoms with van der Waals surface area (Å²) in [7, 11) is 0. The lowest BCUT2D eigenvalue weighted by molar-refractivity contribution is 0.409. The minimum absolute atomic E-state index is 0.151. The molecule has 3 heteroatoms. The van der Waals surface area contributed by atoms with E-state index in [0.717, 1.165) is 11.1 Å². The fourth-order valence-electron chi connectivity index (χ4n) is 2.30. The quantitative estimate of drug-likeness (QED) is 0.862. The van der Waals surface area contributed by atoms with Gasteiger partial charge in [0.1, 0.15) is 11.6 Å². The van der Waals surface area contributed by atoms with Crippen LogP contribution in [0.5, 0.6) is 5.75 Å². The van der Waals surface area contributed by atoms with Crippen LogP contribution in [0.15, 0.2) is 48.5 Å². The molecule has 0 fully saturated rings. The molecule has 1 atom stereocenters. The van der Waals surface area contributed by atoms with E-state index >= 15 is 0 Å². The second kappa shape index (κ2) is 6.53. The average Bonchev–Trinajstić information content (AvgIpc) is 2.41. The summed E-state index contributed by atoms with van der Waals surface area (Å²) in [6.45, 7) is 4.92. The number of hydrogen-bond acceptors (Lipinski definition) is 2. The first-order valence-corrected chi connectivity index (χ1v) is 6.83. The number of rotatable bonds is 5. The van der Waals surface area contributed by atoms with Crippen molar-refractivity contribution < 1.29 is 9.50 Å². The lowest BCUT2D eigenvalue weighted by Crippen LogP contribution is -2.25. The Kier molecular flexibility index (Phi) is 4.74. The number of hydrogen-bond donors (Lipinski definition) is 2. The van der Waals surface area contributed by atoms with Crippen LogP contribution in [0.1, 0.15) is 31.0 Å². The van der Waals surface area contributed by atoms with E-state index in [1.54, 1.807) is 12.1 Å². The Labute approximate surface area is 119 Å². The Balaban J connectivity index is 2.08. The van der Waals surface area contributed by atoms with Crippen molar-refractivity contribution in [2.75, 3.05) is 0 Å². The fourth-order valence-corrected chi connectivity index (χ4v) is 2.30. The van der Waals surface area contributed by atoms with Crippen molar-refractivity contribution in [3.63, 3.8) is 0 Å². The van der Waals surface area contributed by atoms with E-state index in [4.69, 9.17) is 0 Å². The molecule has 0 radical (unpaired) electrons. The van der Waals surface area contributed by atoms with Gasteiger partial charge in [0, 0.05) is 12.6 Å². The summed E-state index contributed by atoms with van der Waals surface area (Å²) in [4.78, 5) is 0. The van der Waals surface area contributed by atoms with Crippen LogP contribution in [0.3, 0.4) is 0 Å². The molecule has 0 aromatic heterocycles. The number of phenols is 1. The number of halogens is 1. The first-order chi connectivity index (χ1) is 9.56. The van der Waals surface area contributed by atoms with Crippen LogP contribution in [-0.2, 0) is 6.54 Å². The molecule has 106 valence electrons. The maximum Gasteiger partial charge on any atom is 0.123 e. The molecule has 2 nitrogen and oxygen atoms in total. The smallest absolute Gasteiger partial charge is 0.123 e. The molecule has 0 saturated carbocycles. The molecule has 0 spiro atoms. The van der Waals surface area contributed by atoms with Crippen LogP contribution >= 0.6 is 0 Å². The lowest BCUT2D eigenvalue weighted by atomic mass is 9.95.